The van der Waals surface area contributed by atoms with Gasteiger partial charge < -0.3 is 13.9 Å². The second-order valence-electron chi connectivity index (χ2n) is 6.85. The van der Waals surface area contributed by atoms with Gasteiger partial charge in [-0.3, -0.25) is 9.69 Å². The number of methoxy groups -OCH3 is 1. The molecule has 1 fully saturated rings. The third kappa shape index (κ3) is 3.08. The quantitative estimate of drug-likeness (QED) is 0.852. The molecule has 0 spiro atoms. The highest BCUT2D eigenvalue weighted by Gasteiger charge is 2.33. The fourth-order valence-corrected chi connectivity index (χ4v) is 3.17. The van der Waals surface area contributed by atoms with Crippen molar-refractivity contribution in [3.05, 3.63) is 35.5 Å². The van der Waals surface area contributed by atoms with E-state index in [1.165, 1.54) is 12.8 Å². The van der Waals surface area contributed by atoms with Gasteiger partial charge in [-0.15, -0.1) is 0 Å². The smallest absolute Gasteiger partial charge is 0.296 e. The zero-order chi connectivity index (χ0) is 17.6. The van der Waals surface area contributed by atoms with Crippen LogP contribution in [-0.4, -0.2) is 30.6 Å². The fourth-order valence-electron chi connectivity index (χ4n) is 3.17. The Morgan fingerprint density at radius 2 is 2.20 bits per heavy atom. The Kier molecular flexibility index (Phi) is 3.90. The van der Waals surface area contributed by atoms with E-state index in [0.29, 0.717) is 47.0 Å². The minimum absolute atomic E-state index is 0.0981. The molecule has 4 rings (SSSR count). The Balaban J connectivity index is 1.67. The van der Waals surface area contributed by atoms with Crippen LogP contribution in [-0.2, 0) is 6.42 Å². The second-order valence-corrected chi connectivity index (χ2v) is 6.85. The van der Waals surface area contributed by atoms with Crippen molar-refractivity contribution in [2.75, 3.05) is 18.6 Å². The number of anilines is 1. The molecular weight excluding hydrogens is 320 g/mol. The minimum Gasteiger partial charge on any atom is -0.497 e. The van der Waals surface area contributed by atoms with E-state index >= 15 is 0 Å². The standard InChI is InChI=1S/C19H22N2O4/c1-11-10-21(15-9-14(23-3)6-7-16(15)24-11)19(22)18-12(2)20-17(25-18)8-13-4-5-13/h6-7,9,11,13H,4-5,8,10H2,1-3H3/t11-/m1/s1. The van der Waals surface area contributed by atoms with E-state index in [-0.39, 0.29) is 12.0 Å². The molecule has 1 aliphatic carbocycles. The van der Waals surface area contributed by atoms with Crippen LogP contribution in [0.5, 0.6) is 11.5 Å². The van der Waals surface area contributed by atoms with Crippen molar-refractivity contribution < 1.29 is 18.7 Å². The molecule has 6 heteroatoms. The van der Waals surface area contributed by atoms with Gasteiger partial charge in [-0.2, -0.15) is 0 Å². The maximum absolute atomic E-state index is 13.1. The number of nitrogens with zero attached hydrogens (tertiary/aromatic N) is 2. The van der Waals surface area contributed by atoms with Crippen LogP contribution in [0.1, 0.15) is 41.9 Å². The summed E-state index contributed by atoms with van der Waals surface area (Å²) in [5.74, 6) is 2.81. The first kappa shape index (κ1) is 16.0. The number of hydrogen-bond acceptors (Lipinski definition) is 5. The predicted octanol–water partition coefficient (Wildman–Crippen LogP) is 3.37. The van der Waals surface area contributed by atoms with E-state index in [9.17, 15) is 4.79 Å². The maximum Gasteiger partial charge on any atom is 0.296 e. The van der Waals surface area contributed by atoms with Gasteiger partial charge in [0.15, 0.2) is 5.89 Å². The number of aryl methyl sites for hydroxylation is 1. The SMILES string of the molecule is COc1ccc2c(c1)N(C(=O)c1oc(CC3CC3)nc1C)C[C@@H](C)O2. The molecular formula is C19H22N2O4. The summed E-state index contributed by atoms with van der Waals surface area (Å²) >= 11 is 0. The van der Waals surface area contributed by atoms with Crippen molar-refractivity contribution in [3.63, 3.8) is 0 Å². The Morgan fingerprint density at radius 1 is 1.40 bits per heavy atom. The summed E-state index contributed by atoms with van der Waals surface area (Å²) in [6.07, 6.45) is 3.16. The Labute approximate surface area is 146 Å². The zero-order valence-electron chi connectivity index (χ0n) is 14.7. The monoisotopic (exact) mass is 342 g/mol. The number of ether oxygens (including phenoxy) is 2. The summed E-state index contributed by atoms with van der Waals surface area (Å²) in [4.78, 5) is 19.3. The number of fused-ring (bicyclic) bond motifs is 1. The van der Waals surface area contributed by atoms with E-state index in [2.05, 4.69) is 4.98 Å². The van der Waals surface area contributed by atoms with Gasteiger partial charge in [0.1, 0.15) is 17.6 Å². The van der Waals surface area contributed by atoms with Crippen LogP contribution in [0, 0.1) is 12.8 Å². The molecule has 1 aromatic carbocycles. The predicted molar refractivity (Wildman–Crippen MR) is 92.4 cm³/mol. The largest absolute Gasteiger partial charge is 0.497 e. The first-order valence-electron chi connectivity index (χ1n) is 8.68. The van der Waals surface area contributed by atoms with Gasteiger partial charge in [0, 0.05) is 12.5 Å². The van der Waals surface area contributed by atoms with Crippen LogP contribution >= 0.6 is 0 Å². The zero-order valence-corrected chi connectivity index (χ0v) is 14.7. The van der Waals surface area contributed by atoms with Gasteiger partial charge in [0.25, 0.3) is 5.91 Å². The second kappa shape index (κ2) is 6.10. The Morgan fingerprint density at radius 3 is 2.92 bits per heavy atom. The summed E-state index contributed by atoms with van der Waals surface area (Å²) < 4.78 is 17.0. The lowest BCUT2D eigenvalue weighted by Crippen LogP contribution is -2.42. The van der Waals surface area contributed by atoms with Gasteiger partial charge in [-0.05, 0) is 44.7 Å². The molecule has 0 bridgehead atoms. The van der Waals surface area contributed by atoms with Crippen LogP contribution in [0.3, 0.4) is 0 Å². The first-order chi connectivity index (χ1) is 12.0. The van der Waals surface area contributed by atoms with Gasteiger partial charge in [0.2, 0.25) is 5.76 Å². The normalized spacial score (nSPS) is 19.3. The lowest BCUT2D eigenvalue weighted by atomic mass is 10.1. The molecule has 2 aliphatic rings. The summed E-state index contributed by atoms with van der Waals surface area (Å²) in [7, 11) is 1.60. The number of carbonyl (C=O) groups is 1. The molecule has 0 saturated heterocycles. The van der Waals surface area contributed by atoms with Crippen molar-refractivity contribution in [3.8, 4) is 11.5 Å². The number of oxazole rings is 1. The summed E-state index contributed by atoms with van der Waals surface area (Å²) in [5, 5.41) is 0. The molecule has 1 atom stereocenters. The molecule has 1 aromatic heterocycles. The number of hydrogen-bond donors (Lipinski definition) is 0. The average Bonchev–Trinajstić information content (AvgIpc) is 3.34. The molecule has 6 nitrogen and oxygen atoms in total. The summed E-state index contributed by atoms with van der Waals surface area (Å²) in [6, 6.07) is 5.47. The highest BCUT2D eigenvalue weighted by atomic mass is 16.5. The van der Waals surface area contributed by atoms with Crippen molar-refractivity contribution >= 4 is 11.6 Å². The van der Waals surface area contributed by atoms with Crippen LogP contribution in [0.2, 0.25) is 0 Å². The van der Waals surface area contributed by atoms with E-state index in [4.69, 9.17) is 13.9 Å². The lowest BCUT2D eigenvalue weighted by molar-refractivity contribution is 0.0931. The Bertz CT molecular complexity index is 810. The molecule has 1 saturated carbocycles. The summed E-state index contributed by atoms with van der Waals surface area (Å²) in [6.45, 7) is 4.22. The molecule has 1 amide bonds. The van der Waals surface area contributed by atoms with E-state index in [1.807, 2.05) is 32.0 Å². The summed E-state index contributed by atoms with van der Waals surface area (Å²) in [5.41, 5.74) is 1.34. The molecule has 25 heavy (non-hydrogen) atoms. The van der Waals surface area contributed by atoms with Crippen molar-refractivity contribution in [2.24, 2.45) is 5.92 Å². The number of amides is 1. The van der Waals surface area contributed by atoms with E-state index in [1.54, 1.807) is 12.0 Å². The topological polar surface area (TPSA) is 64.8 Å². The highest BCUT2D eigenvalue weighted by Crippen LogP contribution is 2.38. The van der Waals surface area contributed by atoms with Crippen LogP contribution < -0.4 is 14.4 Å². The van der Waals surface area contributed by atoms with E-state index < -0.39 is 0 Å². The third-order valence-electron chi connectivity index (χ3n) is 4.67. The molecule has 132 valence electrons. The molecule has 0 unspecified atom stereocenters. The van der Waals surface area contributed by atoms with Crippen molar-refractivity contribution in [1.82, 2.24) is 4.98 Å². The average molecular weight is 342 g/mol. The molecule has 2 heterocycles. The van der Waals surface area contributed by atoms with Crippen LogP contribution in [0.4, 0.5) is 5.69 Å². The number of carbonyl (C=O) groups excluding carboxylic acids is 1. The van der Waals surface area contributed by atoms with Gasteiger partial charge in [-0.25, -0.2) is 4.98 Å². The number of aromatic nitrogens is 1. The maximum atomic E-state index is 13.1. The molecule has 1 aliphatic heterocycles. The molecule has 0 radical (unpaired) electrons. The highest BCUT2D eigenvalue weighted by molar-refractivity contribution is 6.06. The van der Waals surface area contributed by atoms with Crippen LogP contribution in [0.25, 0.3) is 0 Å². The first-order valence-corrected chi connectivity index (χ1v) is 8.68. The van der Waals surface area contributed by atoms with E-state index in [0.717, 1.165) is 6.42 Å². The molecule has 2 aromatic rings. The van der Waals surface area contributed by atoms with Crippen molar-refractivity contribution in [2.45, 2.75) is 39.2 Å². The van der Waals surface area contributed by atoms with Crippen LogP contribution in [0.15, 0.2) is 22.6 Å². The Hall–Kier alpha value is -2.50. The minimum atomic E-state index is -0.184. The van der Waals surface area contributed by atoms with Gasteiger partial charge in [0.05, 0.1) is 25.0 Å². The van der Waals surface area contributed by atoms with Crippen molar-refractivity contribution in [1.29, 1.82) is 0 Å². The number of benzene rings is 1. The lowest BCUT2D eigenvalue weighted by Gasteiger charge is -2.33. The third-order valence-corrected chi connectivity index (χ3v) is 4.67. The van der Waals surface area contributed by atoms with Gasteiger partial charge in [-0.1, -0.05) is 0 Å². The number of rotatable bonds is 4. The molecule has 0 N–H and O–H groups in total. The van der Waals surface area contributed by atoms with Gasteiger partial charge >= 0.3 is 0 Å². The fraction of sp³-hybridized carbons (Fsp3) is 0.474.